The number of aliphatic carboxylic acids is 6. The molecule has 4 atom stereocenters. The van der Waals surface area contributed by atoms with Crippen LogP contribution in [0.15, 0.2) is 65.4 Å². The van der Waals surface area contributed by atoms with Crippen LogP contribution in [0.25, 0.3) is 10.9 Å². The number of urea groups is 1. The number of amides is 9. The summed E-state index contributed by atoms with van der Waals surface area (Å²) in [7, 11) is 0. The molecule has 0 spiro atoms. The summed E-state index contributed by atoms with van der Waals surface area (Å²) in [5, 5.41) is 94.8. The lowest BCUT2D eigenvalue weighted by molar-refractivity contribution is -0.146. The monoisotopic (exact) mass is 1820 g/mol. The third-order valence-electron chi connectivity index (χ3n) is 20.4. The number of likely N-dealkylation sites (tertiary alicyclic amines) is 1. The van der Waals surface area contributed by atoms with Crippen molar-refractivity contribution in [1.29, 1.82) is 5.26 Å². The van der Waals surface area contributed by atoms with Gasteiger partial charge in [0.1, 0.15) is 29.9 Å². The minimum atomic E-state index is -1.38. The van der Waals surface area contributed by atoms with Gasteiger partial charge in [0.05, 0.1) is 108 Å². The van der Waals surface area contributed by atoms with E-state index in [0.29, 0.717) is 131 Å². The van der Waals surface area contributed by atoms with E-state index in [2.05, 4.69) is 74.5 Å². The lowest BCUT2D eigenvalue weighted by Crippen LogP contribution is -2.52. The average Bonchev–Trinajstić information content (AvgIpc) is 1.17. The SMILES string of the molecule is N#C[C@@H]1CCCN1C(=O)CNC(=O)c1ccnc2ccc(OCCCNC(=O)CCc3cn(CCOCCOCCOCCC(=O)N[C@@H](CCCCNC(=O)CCC(C(=O)O)N4CCCN(CC(=O)O)CCN(CC(=O)O)CCN(CC(=O)O)C4)C(=O)NCCCCC(=O)N(CCCCCNC(=O)N[C@@H](CCC(=O)O)C(=O)O)Cc4ccc(Br)cc4)nn3)cc12. The number of carboxylic acids is 6. The molecular weight excluding hydrogens is 1700 g/mol. The zero-order valence-electron chi connectivity index (χ0n) is 70.4. The van der Waals surface area contributed by atoms with Gasteiger partial charge in [0.15, 0.2) is 0 Å². The number of hydrogen-bond donors (Lipinski definition) is 13. The van der Waals surface area contributed by atoms with Gasteiger partial charge >= 0.3 is 41.8 Å². The largest absolute Gasteiger partial charge is 0.494 e. The Kier molecular flexibility index (Phi) is 47.7. The number of pyridine rings is 1. The zero-order chi connectivity index (χ0) is 90.7. The first-order valence-corrected chi connectivity index (χ1v) is 42.9. The van der Waals surface area contributed by atoms with Gasteiger partial charge in [-0.25, -0.2) is 14.3 Å². The van der Waals surface area contributed by atoms with Crippen LogP contribution in [0, 0.1) is 11.3 Å². The highest BCUT2D eigenvalue weighted by molar-refractivity contribution is 9.10. The zero-order valence-corrected chi connectivity index (χ0v) is 72.0. The second-order valence-corrected chi connectivity index (χ2v) is 31.0. The van der Waals surface area contributed by atoms with Crippen LogP contribution in [0.4, 0.5) is 4.79 Å². The Balaban J connectivity index is 0.908. The number of carbonyl (C=O) groups excluding carboxylic acids is 8. The Bertz CT molecular complexity index is 4180. The highest BCUT2D eigenvalue weighted by Crippen LogP contribution is 2.24. The molecule has 6 rings (SSSR count). The van der Waals surface area contributed by atoms with E-state index in [-0.39, 0.29) is 187 Å². The van der Waals surface area contributed by atoms with E-state index in [1.807, 2.05) is 24.3 Å². The maximum Gasteiger partial charge on any atom is 0.326 e. The fraction of sp³-hybridized carbons (Fsp3) is 0.610. The standard InChI is InChI=1S/C82H119BrN18O24/c83-59-16-14-58(15-17-59)52-98(34-7-1-4-30-89-82(121)92-67(80(117)118)21-25-74(107)108)72(105)13-3-6-29-88-79(116)66(12-2-5-28-86-70(103)24-22-68(81(119)120)99-35-10-33-95(54-75(109)110)37-38-96(55-76(111)112)39-40-97(57-99)56-77(113)114)91-71(104)27-43-122-45-47-124-48-46-123-44-41-100-53-60(93-94-100)18-23-69(102)87-31-9-42-125-62-19-20-65-64(49-62)63(26-32-85-65)78(115)90-51-73(106)101-36-8-11-61(101)50-84/h14-17,19-20,26,32,49,53,61,66-68H,1-13,18,21-25,27-31,33-48,51-52,54-57H2,(H,86,103)(H,87,102)(H,88,116)(H,90,115)(H,91,104)(H,107,108)(H,109,110)(H,111,112)(H,113,114)(H,117,118)(H,119,120)(H2,89,92,121)/t61-,66-,67-,68?/m0/s1. The van der Waals surface area contributed by atoms with E-state index in [1.54, 1.807) is 49.8 Å². The molecule has 13 N–H and O–H groups in total. The van der Waals surface area contributed by atoms with E-state index in [1.165, 1.54) is 20.9 Å². The number of carboxylic acid groups (broad SMARTS) is 6. The van der Waals surface area contributed by atoms with Gasteiger partial charge in [0.25, 0.3) is 5.91 Å². The number of nitrogens with one attached hydrogen (secondary N) is 7. The lowest BCUT2D eigenvalue weighted by Gasteiger charge is -2.36. The Morgan fingerprint density at radius 2 is 1.22 bits per heavy atom. The van der Waals surface area contributed by atoms with Gasteiger partial charge < -0.3 is 96.6 Å². The van der Waals surface area contributed by atoms with Crippen LogP contribution in [0.5, 0.6) is 5.75 Å². The highest BCUT2D eigenvalue weighted by atomic mass is 79.9. The van der Waals surface area contributed by atoms with Gasteiger partial charge in [0.2, 0.25) is 35.4 Å². The molecule has 2 fully saturated rings. The molecule has 125 heavy (non-hydrogen) atoms. The maximum atomic E-state index is 13.9. The molecule has 43 heteroatoms. The van der Waals surface area contributed by atoms with E-state index < -0.39 is 109 Å². The van der Waals surface area contributed by atoms with Gasteiger partial charge in [-0.15, -0.1) is 5.10 Å². The van der Waals surface area contributed by atoms with Crippen LogP contribution in [0.1, 0.15) is 144 Å². The van der Waals surface area contributed by atoms with Crippen molar-refractivity contribution in [3.05, 3.63) is 82.2 Å². The molecule has 4 heterocycles. The number of halogens is 1. The topological polar surface area (TPSA) is 568 Å². The van der Waals surface area contributed by atoms with Crippen LogP contribution in [0.2, 0.25) is 0 Å². The molecule has 1 unspecified atom stereocenters. The number of hydrogen-bond acceptors (Lipinski definition) is 26. The molecule has 2 aromatic carbocycles. The molecule has 9 amide bonds. The summed E-state index contributed by atoms with van der Waals surface area (Å²) < 4.78 is 25.4. The van der Waals surface area contributed by atoms with Gasteiger partial charge in [-0.1, -0.05) is 33.3 Å². The van der Waals surface area contributed by atoms with Gasteiger partial charge in [0, 0.05) is 146 Å². The second kappa shape index (κ2) is 58.1. The number of rotatable bonds is 59. The molecule has 688 valence electrons. The van der Waals surface area contributed by atoms with Crippen molar-refractivity contribution in [2.24, 2.45) is 0 Å². The Morgan fingerprint density at radius 3 is 1.91 bits per heavy atom. The average molecular weight is 1820 g/mol. The number of carbonyl (C=O) groups is 14. The third-order valence-corrected chi connectivity index (χ3v) is 20.9. The first-order valence-electron chi connectivity index (χ1n) is 42.1. The fourth-order valence-corrected chi connectivity index (χ4v) is 14.0. The van der Waals surface area contributed by atoms with Crippen molar-refractivity contribution in [3.63, 3.8) is 0 Å². The van der Waals surface area contributed by atoms with E-state index >= 15 is 0 Å². The van der Waals surface area contributed by atoms with Crippen LogP contribution >= 0.6 is 15.9 Å². The predicted molar refractivity (Wildman–Crippen MR) is 451 cm³/mol. The van der Waals surface area contributed by atoms with Gasteiger partial charge in [-0.2, -0.15) is 5.26 Å². The Hall–Kier alpha value is -11.1. The maximum absolute atomic E-state index is 13.9. The number of aromatic nitrogens is 4. The van der Waals surface area contributed by atoms with Crippen molar-refractivity contribution in [2.75, 3.05) is 158 Å². The van der Waals surface area contributed by atoms with Crippen LogP contribution < -0.4 is 42.0 Å². The first-order chi connectivity index (χ1) is 60.1. The summed E-state index contributed by atoms with van der Waals surface area (Å²) in [6.45, 7) is 2.89. The molecule has 42 nitrogen and oxygen atoms in total. The van der Waals surface area contributed by atoms with E-state index in [9.17, 15) is 97.9 Å². The number of ether oxygens (including phenoxy) is 4. The summed E-state index contributed by atoms with van der Waals surface area (Å²) in [4.78, 5) is 190. The first kappa shape index (κ1) is 103. The molecule has 2 aliphatic heterocycles. The fourth-order valence-electron chi connectivity index (χ4n) is 13.8. The van der Waals surface area contributed by atoms with Crippen molar-refractivity contribution >= 4 is 110 Å². The number of benzene rings is 2. The molecule has 2 aromatic heterocycles. The van der Waals surface area contributed by atoms with Gasteiger partial charge in [-0.05, 0) is 132 Å². The molecular formula is C82H119BrN18O24. The third kappa shape index (κ3) is 41.9. The summed E-state index contributed by atoms with van der Waals surface area (Å²) in [5.74, 6) is -9.36. The summed E-state index contributed by atoms with van der Waals surface area (Å²) in [6.07, 6.45) is 8.00. The Labute approximate surface area is 732 Å². The summed E-state index contributed by atoms with van der Waals surface area (Å²) in [5.41, 5.74) is 2.38. The number of nitrogens with zero attached hydrogens (tertiary/aromatic N) is 11. The number of fused-ring (bicyclic) bond motifs is 1. The molecule has 0 bridgehead atoms. The molecule has 0 radical (unpaired) electrons. The second-order valence-electron chi connectivity index (χ2n) is 30.1. The molecule has 0 saturated carbocycles. The van der Waals surface area contributed by atoms with E-state index in [4.69, 9.17) is 24.1 Å². The number of aryl methyl sites for hydroxylation is 1. The summed E-state index contributed by atoms with van der Waals surface area (Å²) in [6, 6.07) is 11.4. The minimum absolute atomic E-state index is 0.0107. The summed E-state index contributed by atoms with van der Waals surface area (Å²) >= 11 is 3.44. The molecule has 2 aliphatic rings. The van der Waals surface area contributed by atoms with Crippen molar-refractivity contribution in [1.82, 2.24) is 86.6 Å². The normalized spacial score (nSPS) is 15.0. The predicted octanol–water partition coefficient (Wildman–Crippen LogP) is 1.72. The van der Waals surface area contributed by atoms with Gasteiger partial charge in [-0.3, -0.25) is 82.1 Å². The van der Waals surface area contributed by atoms with Crippen molar-refractivity contribution in [3.8, 4) is 11.8 Å². The number of unbranched alkanes of at least 4 members (excludes halogenated alkanes) is 4. The van der Waals surface area contributed by atoms with Crippen molar-refractivity contribution in [2.45, 2.75) is 166 Å². The van der Waals surface area contributed by atoms with Crippen molar-refractivity contribution < 1.29 is 117 Å². The highest BCUT2D eigenvalue weighted by Gasteiger charge is 2.32. The minimum Gasteiger partial charge on any atom is -0.494 e. The smallest absolute Gasteiger partial charge is 0.326 e. The lowest BCUT2D eigenvalue weighted by atomic mass is 10.1. The molecule has 0 aliphatic carbocycles. The molecule has 4 aromatic rings. The Morgan fingerprint density at radius 1 is 0.568 bits per heavy atom. The van der Waals surface area contributed by atoms with Crippen LogP contribution in [0.3, 0.4) is 0 Å². The number of nitriles is 1. The van der Waals surface area contributed by atoms with E-state index in [0.717, 1.165) is 16.5 Å². The quantitative estimate of drug-likeness (QED) is 0.0280. The van der Waals surface area contributed by atoms with Crippen LogP contribution in [-0.2, 0) is 91.3 Å². The molecule has 2 saturated heterocycles. The van der Waals surface area contributed by atoms with Crippen LogP contribution in [-0.4, -0.2) is 345 Å².